The summed E-state index contributed by atoms with van der Waals surface area (Å²) < 4.78 is 45.6. The quantitative estimate of drug-likeness (QED) is 0.448. The summed E-state index contributed by atoms with van der Waals surface area (Å²) in [4.78, 5) is 8.60. The van der Waals surface area contributed by atoms with Crippen molar-refractivity contribution in [3.8, 4) is 23.0 Å². The first-order valence-electron chi connectivity index (χ1n) is 7.48. The van der Waals surface area contributed by atoms with Crippen LogP contribution in [0.3, 0.4) is 0 Å². The van der Waals surface area contributed by atoms with E-state index in [0.717, 1.165) is 23.4 Å². The van der Waals surface area contributed by atoms with Gasteiger partial charge in [0.1, 0.15) is 5.69 Å². The van der Waals surface area contributed by atoms with E-state index in [9.17, 15) is 13.2 Å². The maximum atomic E-state index is 13.0. The zero-order valence-electron chi connectivity index (χ0n) is 13.3. The van der Waals surface area contributed by atoms with Gasteiger partial charge in [-0.3, -0.25) is 0 Å². The van der Waals surface area contributed by atoms with Crippen LogP contribution >= 0.6 is 15.9 Å². The summed E-state index contributed by atoms with van der Waals surface area (Å²) in [6.07, 6.45) is -2.07. The number of fused-ring (bicyclic) bond motifs is 1. The predicted octanol–water partition coefficient (Wildman–Crippen LogP) is 5.14. The largest absolute Gasteiger partial charge is 0.417 e. The van der Waals surface area contributed by atoms with Crippen LogP contribution in [0.15, 0.2) is 51.7 Å². The van der Waals surface area contributed by atoms with E-state index in [4.69, 9.17) is 4.52 Å². The lowest BCUT2D eigenvalue weighted by molar-refractivity contribution is -0.137. The van der Waals surface area contributed by atoms with Crippen LogP contribution in [-0.4, -0.2) is 19.5 Å². The van der Waals surface area contributed by atoms with Crippen molar-refractivity contribution in [1.29, 1.82) is 0 Å². The Labute approximate surface area is 153 Å². The molecule has 0 aliphatic carbocycles. The molecular weight excluding hydrogens is 413 g/mol. The number of nitrogens with zero attached hydrogens (tertiary/aromatic N) is 4. The lowest BCUT2D eigenvalue weighted by Gasteiger charge is -2.07. The van der Waals surface area contributed by atoms with Crippen molar-refractivity contribution in [3.63, 3.8) is 0 Å². The van der Waals surface area contributed by atoms with Gasteiger partial charge in [-0.25, -0.2) is 4.98 Å². The Bertz CT molecular complexity index is 1120. The molecule has 3 aromatic heterocycles. The average molecular weight is 423 g/mol. The Morgan fingerprint density at radius 3 is 2.62 bits per heavy atom. The molecule has 5 nitrogen and oxygen atoms in total. The SMILES string of the molecule is Cc1ccccc1-c1noc(-c2cn3cc(C(F)(F)F)cc(Br)c3n2)n1. The minimum atomic E-state index is -4.45. The molecule has 0 saturated heterocycles. The van der Waals surface area contributed by atoms with E-state index >= 15 is 0 Å². The predicted molar refractivity (Wildman–Crippen MR) is 91.4 cm³/mol. The molecule has 132 valence electrons. The standard InChI is InChI=1S/C17H10BrF3N4O/c1-9-4-2-3-5-11(9)14-23-16(26-24-14)13-8-25-7-10(17(19,20)21)6-12(18)15(25)22-13/h2-8H,1H3. The van der Waals surface area contributed by atoms with Crippen LogP contribution < -0.4 is 0 Å². The molecule has 0 fully saturated rings. The fourth-order valence-corrected chi connectivity index (χ4v) is 3.12. The molecule has 0 atom stereocenters. The normalized spacial score (nSPS) is 12.0. The van der Waals surface area contributed by atoms with Gasteiger partial charge in [0.25, 0.3) is 5.89 Å². The van der Waals surface area contributed by atoms with Crippen molar-refractivity contribution >= 4 is 21.6 Å². The number of imidazole rings is 1. The monoisotopic (exact) mass is 422 g/mol. The first kappa shape index (κ1) is 16.8. The fourth-order valence-electron chi connectivity index (χ4n) is 2.58. The zero-order chi connectivity index (χ0) is 18.5. The summed E-state index contributed by atoms with van der Waals surface area (Å²) in [6, 6.07) is 8.53. The van der Waals surface area contributed by atoms with E-state index in [1.54, 1.807) is 0 Å². The zero-order valence-corrected chi connectivity index (χ0v) is 14.8. The molecule has 0 unspecified atom stereocenters. The molecule has 0 amide bonds. The highest BCUT2D eigenvalue weighted by Gasteiger charge is 2.32. The Balaban J connectivity index is 1.79. The third kappa shape index (κ3) is 2.88. The maximum absolute atomic E-state index is 13.0. The van der Waals surface area contributed by atoms with E-state index < -0.39 is 11.7 Å². The second-order valence-corrected chi connectivity index (χ2v) is 6.52. The van der Waals surface area contributed by atoms with Crippen molar-refractivity contribution in [3.05, 3.63) is 58.3 Å². The van der Waals surface area contributed by atoms with Crippen LogP contribution in [0.2, 0.25) is 0 Å². The van der Waals surface area contributed by atoms with Crippen LogP contribution in [0.4, 0.5) is 13.2 Å². The van der Waals surface area contributed by atoms with Gasteiger partial charge in [0.2, 0.25) is 5.82 Å². The summed E-state index contributed by atoms with van der Waals surface area (Å²) in [5.41, 5.74) is 1.62. The number of hydrogen-bond acceptors (Lipinski definition) is 4. The van der Waals surface area contributed by atoms with E-state index in [1.807, 2.05) is 31.2 Å². The number of pyridine rings is 1. The van der Waals surface area contributed by atoms with Gasteiger partial charge in [-0.15, -0.1) is 0 Å². The first-order valence-corrected chi connectivity index (χ1v) is 8.28. The van der Waals surface area contributed by atoms with Gasteiger partial charge in [0.05, 0.1) is 10.0 Å². The summed E-state index contributed by atoms with van der Waals surface area (Å²) in [6.45, 7) is 1.92. The minimum absolute atomic E-state index is 0.132. The molecule has 9 heteroatoms. The van der Waals surface area contributed by atoms with Crippen LogP contribution in [0.1, 0.15) is 11.1 Å². The third-order valence-corrected chi connectivity index (χ3v) is 4.45. The van der Waals surface area contributed by atoms with Crippen molar-refractivity contribution < 1.29 is 17.7 Å². The fraction of sp³-hybridized carbons (Fsp3) is 0.118. The maximum Gasteiger partial charge on any atom is 0.417 e. The lowest BCUT2D eigenvalue weighted by Crippen LogP contribution is -2.06. The summed E-state index contributed by atoms with van der Waals surface area (Å²) >= 11 is 3.13. The Hall–Kier alpha value is -2.68. The molecule has 0 aliphatic heterocycles. The molecule has 0 spiro atoms. The molecule has 0 aliphatic rings. The molecule has 0 radical (unpaired) electrons. The third-order valence-electron chi connectivity index (χ3n) is 3.86. The first-order chi connectivity index (χ1) is 12.3. The van der Waals surface area contributed by atoms with Gasteiger partial charge in [-0.2, -0.15) is 18.2 Å². The van der Waals surface area contributed by atoms with Crippen LogP contribution in [0, 0.1) is 6.92 Å². The van der Waals surface area contributed by atoms with Crippen LogP contribution in [0.25, 0.3) is 28.6 Å². The summed E-state index contributed by atoms with van der Waals surface area (Å²) in [5.74, 6) is 0.526. The minimum Gasteiger partial charge on any atom is -0.332 e. The number of aryl methyl sites for hydroxylation is 1. The second kappa shape index (κ2) is 5.94. The molecule has 4 rings (SSSR count). The molecule has 0 saturated carbocycles. The number of rotatable bonds is 2. The van der Waals surface area contributed by atoms with Gasteiger partial charge in [0.15, 0.2) is 5.65 Å². The highest BCUT2D eigenvalue weighted by molar-refractivity contribution is 9.10. The van der Waals surface area contributed by atoms with E-state index in [0.29, 0.717) is 11.5 Å². The van der Waals surface area contributed by atoms with Crippen molar-refractivity contribution in [2.75, 3.05) is 0 Å². The lowest BCUT2D eigenvalue weighted by atomic mass is 10.1. The van der Waals surface area contributed by atoms with Gasteiger partial charge in [0, 0.05) is 18.0 Å². The number of alkyl halides is 3. The van der Waals surface area contributed by atoms with E-state index in [2.05, 4.69) is 31.1 Å². The van der Waals surface area contributed by atoms with Gasteiger partial charge >= 0.3 is 6.18 Å². The number of hydrogen-bond donors (Lipinski definition) is 0. The molecular formula is C17H10BrF3N4O. The topological polar surface area (TPSA) is 56.2 Å². The Morgan fingerprint density at radius 1 is 1.12 bits per heavy atom. The molecule has 26 heavy (non-hydrogen) atoms. The smallest absolute Gasteiger partial charge is 0.332 e. The second-order valence-electron chi connectivity index (χ2n) is 5.67. The van der Waals surface area contributed by atoms with E-state index in [1.165, 1.54) is 10.6 Å². The summed E-state index contributed by atoms with van der Waals surface area (Å²) in [5, 5.41) is 3.95. The summed E-state index contributed by atoms with van der Waals surface area (Å²) in [7, 11) is 0. The molecule has 0 N–H and O–H groups in total. The number of benzene rings is 1. The number of aromatic nitrogens is 4. The van der Waals surface area contributed by atoms with Crippen molar-refractivity contribution in [2.24, 2.45) is 0 Å². The van der Waals surface area contributed by atoms with Gasteiger partial charge in [-0.05, 0) is 34.5 Å². The molecule has 1 aromatic carbocycles. The highest BCUT2D eigenvalue weighted by atomic mass is 79.9. The van der Waals surface area contributed by atoms with Crippen LogP contribution in [-0.2, 0) is 6.18 Å². The van der Waals surface area contributed by atoms with Gasteiger partial charge < -0.3 is 8.92 Å². The van der Waals surface area contributed by atoms with Crippen molar-refractivity contribution in [1.82, 2.24) is 19.5 Å². The van der Waals surface area contributed by atoms with Crippen LogP contribution in [0.5, 0.6) is 0 Å². The van der Waals surface area contributed by atoms with E-state index in [-0.39, 0.29) is 16.1 Å². The van der Waals surface area contributed by atoms with Gasteiger partial charge in [-0.1, -0.05) is 29.4 Å². The average Bonchev–Trinajstić information content (AvgIpc) is 3.21. The number of halogens is 4. The van der Waals surface area contributed by atoms with Crippen molar-refractivity contribution in [2.45, 2.75) is 13.1 Å². The molecule has 4 aromatic rings. The highest BCUT2D eigenvalue weighted by Crippen LogP contribution is 2.33. The molecule has 0 bridgehead atoms. The molecule has 3 heterocycles. The Morgan fingerprint density at radius 2 is 1.88 bits per heavy atom. The Kier molecular flexibility index (Phi) is 3.83.